The molecule has 0 unspecified atom stereocenters. The average Bonchev–Trinajstić information content (AvgIpc) is 2.87. The second-order valence-corrected chi connectivity index (χ2v) is 6.71. The minimum absolute atomic E-state index is 0.0816. The van der Waals surface area contributed by atoms with Crippen LogP contribution in [0.3, 0.4) is 0 Å². The second kappa shape index (κ2) is 4.65. The van der Waals surface area contributed by atoms with Crippen molar-refractivity contribution in [3.63, 3.8) is 0 Å². The Hall–Kier alpha value is -1.70. The standard InChI is InChI=1S/C15H9Br2N3O2/c16-7-2-1-6-9(5-18)19-20-10-4-3-8(17)14(21)12(10)15(22)11(7)13(6)20/h1-4,21H,5,18H2. The monoisotopic (exact) mass is 421 g/mol. The molecule has 2 aromatic carbocycles. The van der Waals surface area contributed by atoms with Crippen molar-refractivity contribution in [3.05, 3.63) is 49.1 Å². The summed E-state index contributed by atoms with van der Waals surface area (Å²) < 4.78 is 2.82. The summed E-state index contributed by atoms with van der Waals surface area (Å²) in [5.74, 6) is -0.0816. The molecule has 5 nitrogen and oxygen atoms in total. The number of hydrogen-bond acceptors (Lipinski definition) is 4. The normalized spacial score (nSPS) is 12.0. The van der Waals surface area contributed by atoms with Gasteiger partial charge in [-0.25, -0.2) is 4.52 Å². The van der Waals surface area contributed by atoms with E-state index in [1.807, 2.05) is 6.07 Å². The molecule has 7 heteroatoms. The lowest BCUT2D eigenvalue weighted by Crippen LogP contribution is -2.08. The predicted octanol–water partition coefficient (Wildman–Crippen LogP) is 3.13. The fraction of sp³-hybridized carbons (Fsp3) is 0.0667. The van der Waals surface area contributed by atoms with E-state index < -0.39 is 0 Å². The van der Waals surface area contributed by atoms with Crippen LogP contribution in [0.5, 0.6) is 5.75 Å². The summed E-state index contributed by atoms with van der Waals surface area (Å²) >= 11 is 6.68. The Labute approximate surface area is 140 Å². The van der Waals surface area contributed by atoms with Crippen LogP contribution in [0.1, 0.15) is 5.69 Å². The van der Waals surface area contributed by atoms with Gasteiger partial charge in [0.25, 0.3) is 0 Å². The van der Waals surface area contributed by atoms with Gasteiger partial charge in [-0.3, -0.25) is 4.79 Å². The summed E-state index contributed by atoms with van der Waals surface area (Å²) in [6, 6.07) is 7.15. The highest BCUT2D eigenvalue weighted by molar-refractivity contribution is 9.11. The van der Waals surface area contributed by atoms with Crippen LogP contribution in [0, 0.1) is 0 Å². The van der Waals surface area contributed by atoms with E-state index in [4.69, 9.17) is 5.73 Å². The molecular formula is C15H9Br2N3O2. The molecule has 4 aromatic rings. The molecule has 0 bridgehead atoms. The predicted molar refractivity (Wildman–Crippen MR) is 92.6 cm³/mol. The first kappa shape index (κ1) is 13.9. The van der Waals surface area contributed by atoms with Crippen LogP contribution in [0.4, 0.5) is 0 Å². The number of nitrogens with zero attached hydrogens (tertiary/aromatic N) is 2. The van der Waals surface area contributed by atoms with Crippen molar-refractivity contribution in [2.45, 2.75) is 6.54 Å². The molecule has 0 fully saturated rings. The van der Waals surface area contributed by atoms with E-state index in [-0.39, 0.29) is 23.1 Å². The second-order valence-electron chi connectivity index (χ2n) is 5.00. The molecule has 0 saturated carbocycles. The molecule has 2 heterocycles. The number of benzene rings is 2. The molecular weight excluding hydrogens is 414 g/mol. The quantitative estimate of drug-likeness (QED) is 0.462. The van der Waals surface area contributed by atoms with Crippen LogP contribution in [0.15, 0.2) is 38.0 Å². The largest absolute Gasteiger partial charge is 0.506 e. The third-order valence-electron chi connectivity index (χ3n) is 3.85. The maximum Gasteiger partial charge on any atom is 0.202 e. The topological polar surface area (TPSA) is 80.6 Å². The zero-order chi connectivity index (χ0) is 15.6. The van der Waals surface area contributed by atoms with Crippen LogP contribution in [-0.2, 0) is 6.54 Å². The molecule has 110 valence electrons. The molecule has 22 heavy (non-hydrogen) atoms. The summed E-state index contributed by atoms with van der Waals surface area (Å²) in [6.45, 7) is 0.274. The fourth-order valence-corrected chi connectivity index (χ4v) is 3.70. The molecule has 0 aliphatic carbocycles. The highest BCUT2D eigenvalue weighted by atomic mass is 79.9. The van der Waals surface area contributed by atoms with Gasteiger partial charge in [-0.2, -0.15) is 5.10 Å². The Kier molecular flexibility index (Phi) is 2.94. The van der Waals surface area contributed by atoms with Crippen LogP contribution in [0.2, 0.25) is 0 Å². The Morgan fingerprint density at radius 3 is 2.59 bits per heavy atom. The Balaban J connectivity index is 2.46. The summed E-state index contributed by atoms with van der Waals surface area (Å²) in [4.78, 5) is 12.9. The number of rotatable bonds is 1. The number of halogens is 2. The van der Waals surface area contributed by atoms with Gasteiger partial charge >= 0.3 is 0 Å². The van der Waals surface area contributed by atoms with Crippen molar-refractivity contribution in [1.82, 2.24) is 9.61 Å². The number of hydrogen-bond donors (Lipinski definition) is 2. The minimum atomic E-state index is -0.234. The number of aromatic nitrogens is 2. The number of phenolic OH excluding ortho intramolecular Hbond substituents is 1. The van der Waals surface area contributed by atoms with Gasteiger partial charge in [-0.05, 0) is 56.1 Å². The Morgan fingerprint density at radius 1 is 1.14 bits per heavy atom. The number of pyridine rings is 1. The van der Waals surface area contributed by atoms with Gasteiger partial charge in [0.15, 0.2) is 0 Å². The van der Waals surface area contributed by atoms with E-state index in [1.54, 1.807) is 22.7 Å². The molecule has 3 N–H and O–H groups in total. The molecule has 0 radical (unpaired) electrons. The smallest absolute Gasteiger partial charge is 0.202 e. The lowest BCUT2D eigenvalue weighted by molar-refractivity contribution is 0.478. The summed E-state index contributed by atoms with van der Waals surface area (Å²) in [7, 11) is 0. The molecule has 0 amide bonds. The molecule has 4 rings (SSSR count). The summed E-state index contributed by atoms with van der Waals surface area (Å²) in [5, 5.41) is 16.4. The summed E-state index contributed by atoms with van der Waals surface area (Å²) in [5.41, 5.74) is 7.53. The van der Waals surface area contributed by atoms with Crippen LogP contribution in [0.25, 0.3) is 27.2 Å². The first-order chi connectivity index (χ1) is 10.5. The van der Waals surface area contributed by atoms with Gasteiger partial charge < -0.3 is 10.8 Å². The van der Waals surface area contributed by atoms with Crippen LogP contribution < -0.4 is 11.2 Å². The van der Waals surface area contributed by atoms with Gasteiger partial charge in [0.05, 0.1) is 32.0 Å². The van der Waals surface area contributed by atoms with Gasteiger partial charge in [-0.1, -0.05) is 0 Å². The van der Waals surface area contributed by atoms with Crippen molar-refractivity contribution < 1.29 is 5.11 Å². The van der Waals surface area contributed by atoms with Crippen molar-refractivity contribution in [2.75, 3.05) is 0 Å². The lowest BCUT2D eigenvalue weighted by atomic mass is 10.1. The zero-order valence-corrected chi connectivity index (χ0v) is 14.3. The number of phenols is 1. The highest BCUT2D eigenvalue weighted by Gasteiger charge is 2.21. The Morgan fingerprint density at radius 2 is 1.86 bits per heavy atom. The first-order valence-electron chi connectivity index (χ1n) is 6.51. The van der Waals surface area contributed by atoms with Gasteiger partial charge in [0.1, 0.15) is 5.75 Å². The highest BCUT2D eigenvalue weighted by Crippen LogP contribution is 2.35. The van der Waals surface area contributed by atoms with Crippen molar-refractivity contribution in [3.8, 4) is 5.75 Å². The lowest BCUT2D eigenvalue weighted by Gasteiger charge is -2.08. The van der Waals surface area contributed by atoms with E-state index in [2.05, 4.69) is 37.0 Å². The summed E-state index contributed by atoms with van der Waals surface area (Å²) in [6.07, 6.45) is 0. The third kappa shape index (κ3) is 1.61. The van der Waals surface area contributed by atoms with Crippen LogP contribution >= 0.6 is 31.9 Å². The number of fused-ring (bicyclic) bond motifs is 2. The molecule has 2 aromatic heterocycles. The van der Waals surface area contributed by atoms with Crippen LogP contribution in [-0.4, -0.2) is 14.7 Å². The third-order valence-corrected chi connectivity index (χ3v) is 5.15. The minimum Gasteiger partial charge on any atom is -0.506 e. The van der Waals surface area contributed by atoms with E-state index in [0.29, 0.717) is 31.1 Å². The van der Waals surface area contributed by atoms with Gasteiger partial charge in [0, 0.05) is 16.4 Å². The average molecular weight is 423 g/mol. The zero-order valence-electron chi connectivity index (χ0n) is 11.1. The fourth-order valence-electron chi connectivity index (χ4n) is 2.87. The van der Waals surface area contributed by atoms with Crippen molar-refractivity contribution in [2.24, 2.45) is 5.73 Å². The van der Waals surface area contributed by atoms with Gasteiger partial charge in [0.2, 0.25) is 5.43 Å². The van der Waals surface area contributed by atoms with E-state index in [0.717, 1.165) is 5.39 Å². The molecule has 0 saturated heterocycles. The van der Waals surface area contributed by atoms with Crippen molar-refractivity contribution in [1.29, 1.82) is 0 Å². The Bertz CT molecular complexity index is 1120. The molecule has 0 aliphatic rings. The first-order valence-corrected chi connectivity index (χ1v) is 8.10. The number of aromatic hydroxyl groups is 1. The van der Waals surface area contributed by atoms with E-state index in [9.17, 15) is 9.90 Å². The molecule has 0 spiro atoms. The maximum atomic E-state index is 12.9. The maximum absolute atomic E-state index is 12.9. The van der Waals surface area contributed by atoms with E-state index >= 15 is 0 Å². The van der Waals surface area contributed by atoms with E-state index in [1.165, 1.54) is 0 Å². The number of nitrogens with two attached hydrogens (primary N) is 1. The van der Waals surface area contributed by atoms with Gasteiger partial charge in [-0.15, -0.1) is 0 Å². The van der Waals surface area contributed by atoms with Crippen molar-refractivity contribution >= 4 is 59.1 Å². The molecule has 0 aliphatic heterocycles. The SMILES string of the molecule is NCc1nn2c3ccc(Br)c(O)c3c(=O)c3c(Br)ccc1c32. The molecule has 0 atom stereocenters.